The van der Waals surface area contributed by atoms with Gasteiger partial charge in [0.25, 0.3) is 0 Å². The fourth-order valence-corrected chi connectivity index (χ4v) is 3.25. The van der Waals surface area contributed by atoms with Crippen LogP contribution in [0, 0.1) is 5.82 Å². The van der Waals surface area contributed by atoms with E-state index in [0.29, 0.717) is 17.0 Å². The number of thioether (sulfide) groups is 1. The van der Waals surface area contributed by atoms with Crippen LogP contribution in [0.5, 0.6) is 0 Å². The molecule has 2 rings (SSSR count). The Bertz CT molecular complexity index is 453. The quantitative estimate of drug-likeness (QED) is 0.884. The van der Waals surface area contributed by atoms with Crippen LogP contribution < -0.4 is 5.32 Å². The van der Waals surface area contributed by atoms with Crippen molar-refractivity contribution in [1.29, 1.82) is 0 Å². The Morgan fingerprint density at radius 2 is 2.33 bits per heavy atom. The van der Waals surface area contributed by atoms with Crippen molar-refractivity contribution in [3.8, 4) is 0 Å². The zero-order valence-electron chi connectivity index (χ0n) is 10.1. The molecule has 2 N–H and O–H groups in total. The zero-order chi connectivity index (χ0) is 13.1. The highest BCUT2D eigenvalue weighted by Crippen LogP contribution is 2.28. The van der Waals surface area contributed by atoms with Crippen LogP contribution in [0.25, 0.3) is 0 Å². The number of hydrogen-bond donors (Lipinski definition) is 2. The molecule has 2 unspecified atom stereocenters. The smallest absolute Gasteiger partial charge is 0.338 e. The Balaban J connectivity index is 2.14. The standard InChI is InChI=1S/C13H16FNO2S/c1-8-12(3-2-6-18-8)15-9-4-5-11(14)10(7-9)13(16)17/h4-5,7-8,12,15H,2-3,6H2,1H3,(H,16,17). The molecule has 1 heterocycles. The number of nitrogens with one attached hydrogen (secondary N) is 1. The van der Waals surface area contributed by atoms with Gasteiger partial charge < -0.3 is 10.4 Å². The number of carbonyl (C=O) groups is 1. The minimum atomic E-state index is -1.23. The number of aromatic carboxylic acids is 1. The van der Waals surface area contributed by atoms with Gasteiger partial charge in [0.05, 0.1) is 5.56 Å². The third-order valence-electron chi connectivity index (χ3n) is 3.16. The molecule has 5 heteroatoms. The zero-order valence-corrected chi connectivity index (χ0v) is 11.0. The van der Waals surface area contributed by atoms with E-state index in [2.05, 4.69) is 12.2 Å². The molecule has 0 radical (unpaired) electrons. The molecule has 0 aliphatic carbocycles. The van der Waals surface area contributed by atoms with Crippen LogP contribution in [-0.4, -0.2) is 28.1 Å². The van der Waals surface area contributed by atoms with Crippen molar-refractivity contribution >= 4 is 23.4 Å². The monoisotopic (exact) mass is 269 g/mol. The first-order valence-electron chi connectivity index (χ1n) is 5.99. The SMILES string of the molecule is CC1SCCCC1Nc1ccc(F)c(C(=O)O)c1. The lowest BCUT2D eigenvalue weighted by molar-refractivity contribution is 0.0692. The molecule has 2 atom stereocenters. The second-order valence-electron chi connectivity index (χ2n) is 4.47. The Labute approximate surface area is 110 Å². The minimum Gasteiger partial charge on any atom is -0.478 e. The van der Waals surface area contributed by atoms with E-state index in [-0.39, 0.29) is 5.56 Å². The summed E-state index contributed by atoms with van der Waals surface area (Å²) in [6.45, 7) is 2.16. The minimum absolute atomic E-state index is 0.281. The van der Waals surface area contributed by atoms with Crippen LogP contribution in [0.2, 0.25) is 0 Å². The molecular weight excluding hydrogens is 253 g/mol. The van der Waals surface area contributed by atoms with E-state index >= 15 is 0 Å². The summed E-state index contributed by atoms with van der Waals surface area (Å²) in [6, 6.07) is 4.47. The van der Waals surface area contributed by atoms with Gasteiger partial charge in [-0.25, -0.2) is 9.18 Å². The molecule has 18 heavy (non-hydrogen) atoms. The summed E-state index contributed by atoms with van der Waals surface area (Å²) in [5.74, 6) is -0.760. The van der Waals surface area contributed by atoms with Gasteiger partial charge in [-0.3, -0.25) is 0 Å². The molecule has 1 saturated heterocycles. The van der Waals surface area contributed by atoms with Crippen molar-refractivity contribution < 1.29 is 14.3 Å². The van der Waals surface area contributed by atoms with Crippen molar-refractivity contribution in [3.05, 3.63) is 29.6 Å². The molecule has 0 bridgehead atoms. The van der Waals surface area contributed by atoms with E-state index in [1.54, 1.807) is 6.07 Å². The van der Waals surface area contributed by atoms with E-state index < -0.39 is 11.8 Å². The molecule has 0 saturated carbocycles. The highest BCUT2D eigenvalue weighted by Gasteiger charge is 2.22. The van der Waals surface area contributed by atoms with Crippen molar-refractivity contribution in [1.82, 2.24) is 0 Å². The molecule has 0 amide bonds. The molecule has 1 aliphatic heterocycles. The summed E-state index contributed by atoms with van der Waals surface area (Å²) in [5.41, 5.74) is 0.393. The molecule has 3 nitrogen and oxygen atoms in total. The van der Waals surface area contributed by atoms with Crippen LogP contribution in [0.1, 0.15) is 30.1 Å². The van der Waals surface area contributed by atoms with Gasteiger partial charge >= 0.3 is 5.97 Å². The lowest BCUT2D eigenvalue weighted by Crippen LogP contribution is -2.32. The molecule has 1 aromatic rings. The third kappa shape index (κ3) is 2.96. The van der Waals surface area contributed by atoms with Gasteiger partial charge in [-0.2, -0.15) is 11.8 Å². The number of carboxylic acid groups (broad SMARTS) is 1. The maximum absolute atomic E-state index is 13.3. The molecule has 1 aliphatic rings. The Morgan fingerprint density at radius 1 is 1.56 bits per heavy atom. The number of rotatable bonds is 3. The maximum Gasteiger partial charge on any atom is 0.338 e. The van der Waals surface area contributed by atoms with Gasteiger partial charge in [-0.15, -0.1) is 0 Å². The summed E-state index contributed by atoms with van der Waals surface area (Å²) >= 11 is 1.91. The molecule has 0 spiro atoms. The fourth-order valence-electron chi connectivity index (χ4n) is 2.11. The number of halogens is 1. The number of hydrogen-bond acceptors (Lipinski definition) is 3. The Hall–Kier alpha value is -1.23. The van der Waals surface area contributed by atoms with Crippen molar-refractivity contribution in [2.24, 2.45) is 0 Å². The third-order valence-corrected chi connectivity index (χ3v) is 4.53. The van der Waals surface area contributed by atoms with Gasteiger partial charge in [0, 0.05) is 17.0 Å². The van der Waals surface area contributed by atoms with E-state index in [1.807, 2.05) is 11.8 Å². The van der Waals surface area contributed by atoms with Gasteiger partial charge in [0.1, 0.15) is 5.82 Å². The second kappa shape index (κ2) is 5.61. The Morgan fingerprint density at radius 3 is 3.00 bits per heavy atom. The van der Waals surface area contributed by atoms with Crippen LogP contribution in [0.3, 0.4) is 0 Å². The largest absolute Gasteiger partial charge is 0.478 e. The first kappa shape index (κ1) is 13.2. The summed E-state index contributed by atoms with van der Waals surface area (Å²) in [6.07, 6.45) is 2.22. The average molecular weight is 269 g/mol. The summed E-state index contributed by atoms with van der Waals surface area (Å²) in [7, 11) is 0. The van der Waals surface area contributed by atoms with Gasteiger partial charge in [-0.1, -0.05) is 6.92 Å². The lowest BCUT2D eigenvalue weighted by Gasteiger charge is -2.30. The molecular formula is C13H16FNO2S. The molecule has 1 fully saturated rings. The number of carboxylic acids is 1. The molecule has 0 aromatic heterocycles. The van der Waals surface area contributed by atoms with Crippen molar-refractivity contribution in [3.63, 3.8) is 0 Å². The van der Waals surface area contributed by atoms with E-state index in [0.717, 1.165) is 12.8 Å². The van der Waals surface area contributed by atoms with Crippen LogP contribution >= 0.6 is 11.8 Å². The normalized spacial score (nSPS) is 23.7. The van der Waals surface area contributed by atoms with E-state index in [9.17, 15) is 9.18 Å². The van der Waals surface area contributed by atoms with Crippen molar-refractivity contribution in [2.45, 2.75) is 31.1 Å². The van der Waals surface area contributed by atoms with Gasteiger partial charge in [0.2, 0.25) is 0 Å². The van der Waals surface area contributed by atoms with E-state index in [4.69, 9.17) is 5.11 Å². The van der Waals surface area contributed by atoms with Gasteiger partial charge in [-0.05, 0) is 36.8 Å². The fraction of sp³-hybridized carbons (Fsp3) is 0.462. The van der Waals surface area contributed by atoms with Crippen LogP contribution in [0.4, 0.5) is 10.1 Å². The van der Waals surface area contributed by atoms with Gasteiger partial charge in [0.15, 0.2) is 0 Å². The lowest BCUT2D eigenvalue weighted by atomic mass is 10.1. The molecule has 98 valence electrons. The number of benzene rings is 1. The first-order valence-corrected chi connectivity index (χ1v) is 7.04. The van der Waals surface area contributed by atoms with Crippen molar-refractivity contribution in [2.75, 3.05) is 11.1 Å². The predicted octanol–water partition coefficient (Wildman–Crippen LogP) is 3.22. The summed E-state index contributed by atoms with van der Waals surface area (Å²) in [4.78, 5) is 10.9. The average Bonchev–Trinajstić information content (AvgIpc) is 2.34. The first-order chi connectivity index (χ1) is 8.58. The van der Waals surface area contributed by atoms with Crippen LogP contribution in [-0.2, 0) is 0 Å². The number of anilines is 1. The topological polar surface area (TPSA) is 49.3 Å². The summed E-state index contributed by atoms with van der Waals surface area (Å²) in [5, 5.41) is 12.7. The maximum atomic E-state index is 13.3. The predicted molar refractivity (Wildman–Crippen MR) is 71.9 cm³/mol. The second-order valence-corrected chi connectivity index (χ2v) is 5.95. The Kier molecular flexibility index (Phi) is 4.11. The van der Waals surface area contributed by atoms with Crippen LogP contribution in [0.15, 0.2) is 18.2 Å². The highest BCUT2D eigenvalue weighted by atomic mass is 32.2. The van der Waals surface area contributed by atoms with E-state index in [1.165, 1.54) is 17.9 Å². The summed E-state index contributed by atoms with van der Waals surface area (Å²) < 4.78 is 13.3. The highest BCUT2D eigenvalue weighted by molar-refractivity contribution is 8.00. The molecule has 1 aromatic carbocycles.